The second-order valence-electron chi connectivity index (χ2n) is 4.96. The molecule has 108 valence electrons. The summed E-state index contributed by atoms with van der Waals surface area (Å²) in [6.45, 7) is 3.60. The molecule has 0 saturated heterocycles. The number of rotatable bonds is 1. The van der Waals surface area contributed by atoms with Crippen molar-refractivity contribution in [2.45, 2.75) is 19.5 Å². The van der Waals surface area contributed by atoms with E-state index in [9.17, 15) is 8.78 Å². The van der Waals surface area contributed by atoms with Crippen molar-refractivity contribution in [1.82, 2.24) is 25.1 Å². The summed E-state index contributed by atoms with van der Waals surface area (Å²) in [5.74, 6) is -0.243. The molecule has 0 aliphatic carbocycles. The predicted octanol–water partition coefficient (Wildman–Crippen LogP) is 2.50. The highest BCUT2D eigenvalue weighted by molar-refractivity contribution is 7.21. The molecule has 0 radical (unpaired) electrons. The van der Waals surface area contributed by atoms with Gasteiger partial charge in [0.25, 0.3) is 0 Å². The Morgan fingerprint density at radius 1 is 1.29 bits per heavy atom. The predicted molar refractivity (Wildman–Crippen MR) is 75.0 cm³/mol. The van der Waals surface area contributed by atoms with E-state index in [0.29, 0.717) is 21.0 Å². The highest BCUT2D eigenvalue weighted by Gasteiger charge is 2.24. The van der Waals surface area contributed by atoms with Crippen molar-refractivity contribution >= 4 is 21.6 Å². The first-order valence-corrected chi connectivity index (χ1v) is 7.37. The zero-order chi connectivity index (χ0) is 14.6. The number of benzene rings is 1. The molecule has 3 aromatic rings. The van der Waals surface area contributed by atoms with Gasteiger partial charge in [-0.2, -0.15) is 0 Å². The van der Waals surface area contributed by atoms with Gasteiger partial charge in [-0.15, -0.1) is 21.5 Å². The first-order valence-electron chi connectivity index (χ1n) is 6.56. The minimum Gasteiger partial charge on any atom is -0.306 e. The summed E-state index contributed by atoms with van der Waals surface area (Å²) in [5.41, 5.74) is 0.438. The van der Waals surface area contributed by atoms with Crippen LogP contribution in [0.15, 0.2) is 12.1 Å². The number of halogens is 2. The Morgan fingerprint density at radius 3 is 2.95 bits per heavy atom. The number of nitrogens with one attached hydrogen (secondary N) is 1. The molecule has 0 amide bonds. The van der Waals surface area contributed by atoms with Crippen LogP contribution in [0.2, 0.25) is 0 Å². The van der Waals surface area contributed by atoms with Crippen molar-refractivity contribution in [2.24, 2.45) is 0 Å². The molecule has 0 fully saturated rings. The average Bonchev–Trinajstić information content (AvgIpc) is 3.03. The Hall–Kier alpha value is -1.93. The SMILES string of the molecule is CC1NCCn2c(-c3nc4cc(F)c(F)cc4s3)nnc21. The summed E-state index contributed by atoms with van der Waals surface area (Å²) in [4.78, 5) is 4.36. The van der Waals surface area contributed by atoms with Crippen LogP contribution in [0.5, 0.6) is 0 Å². The Kier molecular flexibility index (Phi) is 2.76. The Bertz CT molecular complexity index is 802. The number of thiazole rings is 1. The lowest BCUT2D eigenvalue weighted by Gasteiger charge is -2.21. The van der Waals surface area contributed by atoms with E-state index in [-0.39, 0.29) is 6.04 Å². The smallest absolute Gasteiger partial charge is 0.193 e. The molecular weight excluding hydrogens is 296 g/mol. The molecule has 4 rings (SSSR count). The highest BCUT2D eigenvalue weighted by atomic mass is 32.1. The molecule has 3 heterocycles. The van der Waals surface area contributed by atoms with E-state index in [4.69, 9.17) is 0 Å². The summed E-state index contributed by atoms with van der Waals surface area (Å²) in [6, 6.07) is 2.41. The molecule has 21 heavy (non-hydrogen) atoms. The van der Waals surface area contributed by atoms with E-state index in [1.807, 2.05) is 11.5 Å². The number of fused-ring (bicyclic) bond motifs is 2. The molecule has 5 nitrogen and oxygen atoms in total. The Morgan fingerprint density at radius 2 is 2.10 bits per heavy atom. The third-order valence-electron chi connectivity index (χ3n) is 3.57. The van der Waals surface area contributed by atoms with E-state index >= 15 is 0 Å². The van der Waals surface area contributed by atoms with Crippen LogP contribution in [-0.4, -0.2) is 26.3 Å². The fraction of sp³-hybridized carbons (Fsp3) is 0.308. The van der Waals surface area contributed by atoms with Gasteiger partial charge in [-0.05, 0) is 13.0 Å². The summed E-state index contributed by atoms with van der Waals surface area (Å²) < 4.78 is 29.2. The molecule has 0 spiro atoms. The molecule has 0 saturated carbocycles. The Balaban J connectivity index is 1.87. The average molecular weight is 307 g/mol. The van der Waals surface area contributed by atoms with Gasteiger partial charge >= 0.3 is 0 Å². The van der Waals surface area contributed by atoms with Crippen molar-refractivity contribution in [2.75, 3.05) is 6.54 Å². The van der Waals surface area contributed by atoms with Crippen LogP contribution in [0.4, 0.5) is 8.78 Å². The molecular formula is C13H11F2N5S. The van der Waals surface area contributed by atoms with E-state index in [0.717, 1.165) is 25.0 Å². The van der Waals surface area contributed by atoms with Gasteiger partial charge in [0.1, 0.15) is 5.82 Å². The third kappa shape index (κ3) is 1.94. The number of hydrogen-bond acceptors (Lipinski definition) is 5. The monoisotopic (exact) mass is 307 g/mol. The van der Waals surface area contributed by atoms with Gasteiger partial charge in [0.05, 0.1) is 16.3 Å². The van der Waals surface area contributed by atoms with Gasteiger partial charge in [0.15, 0.2) is 22.5 Å². The molecule has 1 N–H and O–H groups in total. The molecule has 1 unspecified atom stereocenters. The third-order valence-corrected chi connectivity index (χ3v) is 4.59. The van der Waals surface area contributed by atoms with Crippen molar-refractivity contribution in [3.05, 3.63) is 29.6 Å². The molecule has 2 aromatic heterocycles. The first kappa shape index (κ1) is 12.8. The quantitative estimate of drug-likeness (QED) is 0.750. The largest absolute Gasteiger partial charge is 0.306 e. The zero-order valence-electron chi connectivity index (χ0n) is 11.1. The van der Waals surface area contributed by atoms with Crippen molar-refractivity contribution < 1.29 is 8.78 Å². The molecule has 1 atom stereocenters. The van der Waals surface area contributed by atoms with Gasteiger partial charge in [0.2, 0.25) is 0 Å². The minimum atomic E-state index is -0.888. The van der Waals surface area contributed by atoms with Crippen molar-refractivity contribution in [1.29, 1.82) is 0 Å². The maximum atomic E-state index is 13.3. The van der Waals surface area contributed by atoms with E-state index in [1.54, 1.807) is 0 Å². The number of aromatic nitrogens is 4. The highest BCUT2D eigenvalue weighted by Crippen LogP contribution is 2.32. The van der Waals surface area contributed by atoms with Crippen LogP contribution < -0.4 is 5.32 Å². The zero-order valence-corrected chi connectivity index (χ0v) is 11.9. The normalized spacial score (nSPS) is 18.1. The van der Waals surface area contributed by atoms with Crippen molar-refractivity contribution in [3.8, 4) is 10.8 Å². The van der Waals surface area contributed by atoms with E-state index < -0.39 is 11.6 Å². The molecule has 8 heteroatoms. The van der Waals surface area contributed by atoms with Gasteiger partial charge in [-0.1, -0.05) is 0 Å². The second-order valence-corrected chi connectivity index (χ2v) is 5.99. The van der Waals surface area contributed by atoms with Crippen LogP contribution >= 0.6 is 11.3 Å². The lowest BCUT2D eigenvalue weighted by atomic mass is 10.2. The fourth-order valence-electron chi connectivity index (χ4n) is 2.52. The number of hydrogen-bond donors (Lipinski definition) is 1. The second kappa shape index (κ2) is 4.54. The number of nitrogens with zero attached hydrogens (tertiary/aromatic N) is 4. The summed E-state index contributed by atoms with van der Waals surface area (Å²) in [6.07, 6.45) is 0. The lowest BCUT2D eigenvalue weighted by Crippen LogP contribution is -2.32. The molecule has 1 aliphatic rings. The van der Waals surface area contributed by atoms with E-state index in [1.165, 1.54) is 17.4 Å². The van der Waals surface area contributed by atoms with Gasteiger partial charge in [-0.3, -0.25) is 0 Å². The van der Waals surface area contributed by atoms with Crippen LogP contribution in [0, 0.1) is 11.6 Å². The molecule has 1 aliphatic heterocycles. The van der Waals surface area contributed by atoms with Gasteiger partial charge < -0.3 is 9.88 Å². The summed E-state index contributed by atoms with van der Waals surface area (Å²) in [7, 11) is 0. The van der Waals surface area contributed by atoms with Crippen LogP contribution in [0.25, 0.3) is 21.0 Å². The minimum absolute atomic E-state index is 0.129. The molecule has 1 aromatic carbocycles. The Labute approximate surface area is 122 Å². The summed E-state index contributed by atoms with van der Waals surface area (Å²) >= 11 is 1.29. The standard InChI is InChI=1S/C13H11F2N5S/c1-6-11-18-19-12(20(11)3-2-16-6)13-17-9-4-7(14)8(15)5-10(9)21-13/h4-6,16H,2-3H2,1H3. The van der Waals surface area contributed by atoms with Crippen molar-refractivity contribution in [3.63, 3.8) is 0 Å². The van der Waals surface area contributed by atoms with Crippen LogP contribution in [0.3, 0.4) is 0 Å². The lowest BCUT2D eigenvalue weighted by molar-refractivity contribution is 0.439. The van der Waals surface area contributed by atoms with Gasteiger partial charge in [-0.25, -0.2) is 13.8 Å². The fourth-order valence-corrected chi connectivity index (χ4v) is 3.48. The first-order chi connectivity index (χ1) is 10.1. The van der Waals surface area contributed by atoms with E-state index in [2.05, 4.69) is 20.5 Å². The van der Waals surface area contributed by atoms with Crippen LogP contribution in [-0.2, 0) is 6.54 Å². The maximum absolute atomic E-state index is 13.3. The topological polar surface area (TPSA) is 55.6 Å². The van der Waals surface area contributed by atoms with Crippen LogP contribution in [0.1, 0.15) is 18.8 Å². The molecule has 0 bridgehead atoms. The van der Waals surface area contributed by atoms with Gasteiger partial charge in [0, 0.05) is 19.2 Å². The summed E-state index contributed by atoms with van der Waals surface area (Å²) in [5, 5.41) is 12.3. The maximum Gasteiger partial charge on any atom is 0.193 e.